The summed E-state index contributed by atoms with van der Waals surface area (Å²) >= 11 is 5.78. The zero-order chi connectivity index (χ0) is 22.5. The van der Waals surface area contributed by atoms with Crippen LogP contribution < -0.4 is 10.6 Å². The summed E-state index contributed by atoms with van der Waals surface area (Å²) in [4.78, 5) is 43.8. The number of pyridine rings is 1. The molecule has 0 fully saturated rings. The van der Waals surface area contributed by atoms with Crippen LogP contribution in [-0.2, 0) is 4.79 Å². The van der Waals surface area contributed by atoms with Crippen LogP contribution in [0.1, 0.15) is 24.2 Å². The average Bonchev–Trinajstić information content (AvgIpc) is 3.27. The molecule has 0 aliphatic heterocycles. The summed E-state index contributed by atoms with van der Waals surface area (Å²) in [5.41, 5.74) is 0.0581. The Morgan fingerprint density at radius 1 is 1.23 bits per heavy atom. The van der Waals surface area contributed by atoms with Crippen molar-refractivity contribution >= 4 is 34.8 Å². The number of hydrogen-bond donors (Lipinski definition) is 2. The van der Waals surface area contributed by atoms with Crippen molar-refractivity contribution in [1.82, 2.24) is 25.1 Å². The van der Waals surface area contributed by atoms with Gasteiger partial charge in [0.05, 0.1) is 16.8 Å². The summed E-state index contributed by atoms with van der Waals surface area (Å²) in [5.74, 6) is -0.822. The van der Waals surface area contributed by atoms with E-state index < -0.39 is 28.5 Å². The van der Waals surface area contributed by atoms with E-state index in [1.165, 1.54) is 35.7 Å². The molecule has 0 saturated heterocycles. The quantitative estimate of drug-likeness (QED) is 0.421. The number of hydrogen-bond acceptors (Lipinski definition) is 7. The second kappa shape index (κ2) is 9.30. The monoisotopic (exact) mass is 443 g/mol. The first kappa shape index (κ1) is 21.8. The zero-order valence-electron chi connectivity index (χ0n) is 16.5. The van der Waals surface area contributed by atoms with Crippen LogP contribution in [0.15, 0.2) is 49.2 Å². The maximum atomic E-state index is 12.8. The third-order valence-corrected chi connectivity index (χ3v) is 4.63. The lowest BCUT2D eigenvalue weighted by Crippen LogP contribution is -2.47. The largest absolute Gasteiger partial charge is 0.340 e. The summed E-state index contributed by atoms with van der Waals surface area (Å²) in [6.07, 6.45) is 4.32. The molecule has 2 heterocycles. The van der Waals surface area contributed by atoms with Gasteiger partial charge in [-0.2, -0.15) is 5.10 Å². The van der Waals surface area contributed by atoms with Crippen molar-refractivity contribution in [1.29, 1.82) is 0 Å². The van der Waals surface area contributed by atoms with E-state index in [0.717, 1.165) is 6.07 Å². The average molecular weight is 444 g/mol. The van der Waals surface area contributed by atoms with Gasteiger partial charge in [-0.15, -0.1) is 0 Å². The Bertz CT molecular complexity index is 1100. The molecule has 0 radical (unpaired) electrons. The Balaban J connectivity index is 1.71. The fourth-order valence-electron chi connectivity index (χ4n) is 2.70. The predicted octanol–water partition coefficient (Wildman–Crippen LogP) is 2.62. The van der Waals surface area contributed by atoms with Crippen molar-refractivity contribution in [3.05, 3.63) is 69.9 Å². The van der Waals surface area contributed by atoms with E-state index in [4.69, 9.17) is 11.6 Å². The number of nitrogens with one attached hydrogen (secondary N) is 2. The minimum absolute atomic E-state index is 0.0217. The van der Waals surface area contributed by atoms with E-state index in [9.17, 15) is 19.7 Å². The Labute approximate surface area is 181 Å². The molecule has 1 atom stereocenters. The van der Waals surface area contributed by atoms with Crippen LogP contribution in [0.2, 0.25) is 5.02 Å². The Hall–Kier alpha value is -3.86. The minimum Gasteiger partial charge on any atom is -0.340 e. The summed E-state index contributed by atoms with van der Waals surface area (Å²) in [6, 6.07) is 6.09. The molecule has 11 nitrogen and oxygen atoms in total. The van der Waals surface area contributed by atoms with Crippen molar-refractivity contribution in [3.8, 4) is 5.82 Å². The van der Waals surface area contributed by atoms with Gasteiger partial charge in [0.15, 0.2) is 5.82 Å². The van der Waals surface area contributed by atoms with Gasteiger partial charge in [0.1, 0.15) is 23.7 Å². The molecule has 2 N–H and O–H groups in total. The number of nitro benzene ring substituents is 1. The van der Waals surface area contributed by atoms with E-state index in [2.05, 4.69) is 25.7 Å². The smallest absolute Gasteiger partial charge is 0.288 e. The zero-order valence-corrected chi connectivity index (χ0v) is 17.3. The molecule has 0 aliphatic carbocycles. The van der Waals surface area contributed by atoms with Gasteiger partial charge in [-0.1, -0.05) is 25.4 Å². The molecule has 2 aromatic heterocycles. The van der Waals surface area contributed by atoms with Crippen LogP contribution in [0.5, 0.6) is 0 Å². The normalized spacial score (nSPS) is 11.7. The molecule has 2 amide bonds. The highest BCUT2D eigenvalue weighted by Crippen LogP contribution is 2.25. The maximum Gasteiger partial charge on any atom is 0.288 e. The highest BCUT2D eigenvalue weighted by Gasteiger charge is 2.26. The minimum atomic E-state index is -0.891. The van der Waals surface area contributed by atoms with Gasteiger partial charge in [-0.3, -0.25) is 19.7 Å². The number of nitro groups is 1. The third-order valence-electron chi connectivity index (χ3n) is 4.31. The van der Waals surface area contributed by atoms with Crippen LogP contribution >= 0.6 is 11.6 Å². The second-order valence-corrected chi connectivity index (χ2v) is 7.26. The maximum absolute atomic E-state index is 12.8. The Morgan fingerprint density at radius 3 is 2.58 bits per heavy atom. The summed E-state index contributed by atoms with van der Waals surface area (Å²) in [5, 5.41) is 20.2. The number of benzene rings is 1. The molecule has 0 spiro atoms. The molecule has 160 valence electrons. The Morgan fingerprint density at radius 2 is 2.00 bits per heavy atom. The van der Waals surface area contributed by atoms with E-state index >= 15 is 0 Å². The number of anilines is 1. The number of aromatic nitrogens is 4. The molecule has 1 unspecified atom stereocenters. The second-order valence-electron chi connectivity index (χ2n) is 6.85. The van der Waals surface area contributed by atoms with Crippen molar-refractivity contribution in [2.75, 3.05) is 5.32 Å². The molecule has 3 rings (SSSR count). The van der Waals surface area contributed by atoms with Crippen molar-refractivity contribution in [2.45, 2.75) is 19.9 Å². The number of amides is 2. The number of nitrogens with zero attached hydrogens (tertiary/aromatic N) is 5. The van der Waals surface area contributed by atoms with Crippen LogP contribution in [0.25, 0.3) is 5.82 Å². The number of rotatable bonds is 7. The van der Waals surface area contributed by atoms with Gasteiger partial charge in [0.2, 0.25) is 5.91 Å². The molecule has 0 saturated carbocycles. The van der Waals surface area contributed by atoms with E-state index in [0.29, 0.717) is 11.5 Å². The van der Waals surface area contributed by atoms with E-state index in [1.54, 1.807) is 26.0 Å². The first-order chi connectivity index (χ1) is 14.8. The van der Waals surface area contributed by atoms with E-state index in [-0.39, 0.29) is 16.5 Å². The first-order valence-electron chi connectivity index (χ1n) is 9.13. The van der Waals surface area contributed by atoms with Crippen molar-refractivity contribution in [2.24, 2.45) is 5.92 Å². The fourth-order valence-corrected chi connectivity index (χ4v) is 2.88. The van der Waals surface area contributed by atoms with Gasteiger partial charge >= 0.3 is 0 Å². The summed E-state index contributed by atoms with van der Waals surface area (Å²) in [6.45, 7) is 3.53. The summed E-state index contributed by atoms with van der Waals surface area (Å²) < 4.78 is 1.47. The Kier molecular flexibility index (Phi) is 6.55. The molecule has 0 aliphatic rings. The molecular weight excluding hydrogens is 426 g/mol. The van der Waals surface area contributed by atoms with Crippen LogP contribution in [-0.4, -0.2) is 42.5 Å². The molecule has 31 heavy (non-hydrogen) atoms. The van der Waals surface area contributed by atoms with Crippen molar-refractivity contribution in [3.63, 3.8) is 0 Å². The lowest BCUT2D eigenvalue weighted by Gasteiger charge is -2.21. The van der Waals surface area contributed by atoms with Gasteiger partial charge in [0.25, 0.3) is 11.6 Å². The van der Waals surface area contributed by atoms with E-state index in [1.807, 2.05) is 0 Å². The molecule has 3 aromatic rings. The molecule has 12 heteroatoms. The highest BCUT2D eigenvalue weighted by molar-refractivity contribution is 6.32. The van der Waals surface area contributed by atoms with Crippen LogP contribution in [0.4, 0.5) is 11.4 Å². The first-order valence-corrected chi connectivity index (χ1v) is 9.50. The lowest BCUT2D eigenvalue weighted by molar-refractivity contribution is -0.384. The van der Waals surface area contributed by atoms with Gasteiger partial charge in [-0.25, -0.2) is 14.6 Å². The van der Waals surface area contributed by atoms with Crippen LogP contribution in [0, 0.1) is 16.0 Å². The third kappa shape index (κ3) is 5.20. The number of carbonyl (C=O) groups is 2. The topological polar surface area (TPSA) is 145 Å². The summed E-state index contributed by atoms with van der Waals surface area (Å²) in [7, 11) is 0. The van der Waals surface area contributed by atoms with Crippen molar-refractivity contribution < 1.29 is 14.5 Å². The molecule has 1 aromatic carbocycles. The van der Waals surface area contributed by atoms with Gasteiger partial charge < -0.3 is 10.6 Å². The predicted molar refractivity (Wildman–Crippen MR) is 112 cm³/mol. The van der Waals surface area contributed by atoms with Gasteiger partial charge in [-0.05, 0) is 30.2 Å². The number of halogens is 1. The standard InChI is InChI=1S/C19H18ClN7O4/c1-11(2)17(25-18(28)12-3-5-14(20)15(7-12)27(30)31)19(29)24-13-4-6-16(22-8-13)26-10-21-9-23-26/h3-11,17H,1-2H3,(H,24,29)(H,25,28). The fraction of sp³-hybridized carbons (Fsp3) is 0.211. The molecular formula is C19H18ClN7O4. The molecule has 0 bridgehead atoms. The lowest BCUT2D eigenvalue weighted by atomic mass is 10.0. The van der Waals surface area contributed by atoms with Gasteiger partial charge in [0, 0.05) is 11.6 Å². The number of carbonyl (C=O) groups excluding carboxylic acids is 2. The van der Waals surface area contributed by atoms with Crippen LogP contribution in [0.3, 0.4) is 0 Å². The highest BCUT2D eigenvalue weighted by atomic mass is 35.5. The SMILES string of the molecule is CC(C)C(NC(=O)c1ccc(Cl)c([N+](=O)[O-])c1)C(=O)Nc1ccc(-n2cncn2)nc1.